The van der Waals surface area contributed by atoms with Crippen molar-refractivity contribution in [3.8, 4) is 0 Å². The number of esters is 1. The second kappa shape index (κ2) is 6.86. The molecule has 1 fully saturated rings. The molecule has 1 N–H and O–H groups in total. The van der Waals surface area contributed by atoms with Crippen LogP contribution in [0.3, 0.4) is 0 Å². The van der Waals surface area contributed by atoms with E-state index in [1.165, 1.54) is 0 Å². The first-order valence-corrected chi connectivity index (χ1v) is 7.27. The Morgan fingerprint density at radius 1 is 1.45 bits per heavy atom. The molecule has 3 unspecified atom stereocenters. The molecule has 1 saturated heterocycles. The summed E-state index contributed by atoms with van der Waals surface area (Å²) in [4.78, 5) is 14.4. The van der Waals surface area contributed by atoms with E-state index in [2.05, 4.69) is 11.8 Å². The highest BCUT2D eigenvalue weighted by molar-refractivity contribution is 5.77. The van der Waals surface area contributed by atoms with E-state index < -0.39 is 6.04 Å². The van der Waals surface area contributed by atoms with Crippen molar-refractivity contribution in [2.45, 2.75) is 32.4 Å². The lowest BCUT2D eigenvalue weighted by Crippen LogP contribution is -2.42. The van der Waals surface area contributed by atoms with Crippen LogP contribution in [-0.4, -0.2) is 41.8 Å². The van der Waals surface area contributed by atoms with Crippen molar-refractivity contribution in [1.82, 2.24) is 4.90 Å². The predicted octanol–water partition coefficient (Wildman–Crippen LogP) is 1.99. The molecule has 4 nitrogen and oxygen atoms in total. The maximum atomic E-state index is 12.4. The molecule has 0 aliphatic carbocycles. The highest BCUT2D eigenvalue weighted by atomic mass is 16.5. The average molecular weight is 277 g/mol. The summed E-state index contributed by atoms with van der Waals surface area (Å²) in [5, 5.41) is 9.62. The van der Waals surface area contributed by atoms with Crippen LogP contribution in [0.15, 0.2) is 30.3 Å². The van der Waals surface area contributed by atoms with E-state index in [-0.39, 0.29) is 18.6 Å². The molecular weight excluding hydrogens is 254 g/mol. The van der Waals surface area contributed by atoms with Gasteiger partial charge in [-0.3, -0.25) is 4.90 Å². The number of nitrogens with zero attached hydrogens (tertiary/aromatic N) is 1. The van der Waals surface area contributed by atoms with Crippen LogP contribution in [0.25, 0.3) is 0 Å². The minimum absolute atomic E-state index is 0.0182. The fourth-order valence-electron chi connectivity index (χ4n) is 2.96. The number of carbonyl (C=O) groups excluding carboxylic acids is 1. The number of hydrogen-bond acceptors (Lipinski definition) is 4. The number of likely N-dealkylation sites (tertiary alicyclic amines) is 1. The molecular formula is C16H23NO3. The summed E-state index contributed by atoms with van der Waals surface area (Å²) in [6.45, 7) is 5.19. The third-order valence-corrected chi connectivity index (χ3v) is 4.07. The molecule has 4 heteroatoms. The van der Waals surface area contributed by atoms with Crippen molar-refractivity contribution < 1.29 is 14.6 Å². The van der Waals surface area contributed by atoms with E-state index in [4.69, 9.17) is 4.74 Å². The van der Waals surface area contributed by atoms with Crippen LogP contribution in [0.2, 0.25) is 0 Å². The lowest BCUT2D eigenvalue weighted by atomic mass is 10.0. The van der Waals surface area contributed by atoms with Gasteiger partial charge >= 0.3 is 5.97 Å². The molecule has 110 valence electrons. The molecule has 1 aliphatic heterocycles. The minimum atomic E-state index is -0.418. The highest BCUT2D eigenvalue weighted by Crippen LogP contribution is 2.33. The summed E-state index contributed by atoms with van der Waals surface area (Å²) in [5.41, 5.74) is 0.929. The molecule has 0 bridgehead atoms. The Bertz CT molecular complexity index is 435. The molecule has 0 spiro atoms. The normalized spacial score (nSPS) is 24.6. The van der Waals surface area contributed by atoms with Crippen LogP contribution >= 0.6 is 0 Å². The van der Waals surface area contributed by atoms with Gasteiger partial charge in [0.25, 0.3) is 0 Å². The summed E-state index contributed by atoms with van der Waals surface area (Å²) < 4.78 is 5.24. The molecule has 1 aliphatic rings. The first-order chi connectivity index (χ1) is 9.69. The Morgan fingerprint density at radius 3 is 2.75 bits per heavy atom. The van der Waals surface area contributed by atoms with E-state index in [1.54, 1.807) is 0 Å². The first kappa shape index (κ1) is 15.0. The van der Waals surface area contributed by atoms with Crippen molar-refractivity contribution in [1.29, 1.82) is 0 Å². The van der Waals surface area contributed by atoms with Gasteiger partial charge in [-0.05, 0) is 24.8 Å². The smallest absolute Gasteiger partial charge is 0.328 e. The van der Waals surface area contributed by atoms with Crippen molar-refractivity contribution >= 4 is 5.97 Å². The SMILES string of the molecule is CCOC(=O)C(c1ccccc1)N1CCC(C)C1CO. The van der Waals surface area contributed by atoms with E-state index in [0.29, 0.717) is 12.5 Å². The van der Waals surface area contributed by atoms with Crippen molar-refractivity contribution in [3.63, 3.8) is 0 Å². The van der Waals surface area contributed by atoms with Crippen LogP contribution in [0, 0.1) is 5.92 Å². The van der Waals surface area contributed by atoms with Gasteiger partial charge in [0.1, 0.15) is 6.04 Å². The van der Waals surface area contributed by atoms with Crippen molar-refractivity contribution in [2.75, 3.05) is 19.8 Å². The molecule has 2 rings (SSSR count). The van der Waals surface area contributed by atoms with Gasteiger partial charge in [-0.15, -0.1) is 0 Å². The van der Waals surface area contributed by atoms with Gasteiger partial charge < -0.3 is 9.84 Å². The molecule has 0 saturated carbocycles. The quantitative estimate of drug-likeness (QED) is 0.836. The van der Waals surface area contributed by atoms with Crippen LogP contribution < -0.4 is 0 Å². The largest absolute Gasteiger partial charge is 0.465 e. The van der Waals surface area contributed by atoms with E-state index in [9.17, 15) is 9.90 Å². The van der Waals surface area contributed by atoms with Crippen LogP contribution in [-0.2, 0) is 9.53 Å². The average Bonchev–Trinajstić information content (AvgIpc) is 2.81. The molecule has 3 atom stereocenters. The number of aliphatic hydroxyl groups is 1. The minimum Gasteiger partial charge on any atom is -0.465 e. The number of carbonyl (C=O) groups is 1. The fraction of sp³-hybridized carbons (Fsp3) is 0.562. The second-order valence-corrected chi connectivity index (χ2v) is 5.32. The number of aliphatic hydroxyl groups excluding tert-OH is 1. The summed E-state index contributed by atoms with van der Waals surface area (Å²) in [7, 11) is 0. The molecule has 1 heterocycles. The highest BCUT2D eigenvalue weighted by Gasteiger charge is 2.39. The summed E-state index contributed by atoms with van der Waals surface area (Å²) in [6, 6.07) is 9.27. The van der Waals surface area contributed by atoms with E-state index >= 15 is 0 Å². The molecule has 0 aromatic heterocycles. The first-order valence-electron chi connectivity index (χ1n) is 7.27. The maximum absolute atomic E-state index is 12.4. The Balaban J connectivity index is 2.29. The van der Waals surface area contributed by atoms with Crippen LogP contribution in [0.1, 0.15) is 31.9 Å². The summed E-state index contributed by atoms with van der Waals surface area (Å²) >= 11 is 0. The topological polar surface area (TPSA) is 49.8 Å². The molecule has 1 aromatic rings. The molecule has 20 heavy (non-hydrogen) atoms. The number of hydrogen-bond donors (Lipinski definition) is 1. The van der Waals surface area contributed by atoms with Gasteiger partial charge in [0, 0.05) is 12.6 Å². The van der Waals surface area contributed by atoms with Crippen LogP contribution in [0.5, 0.6) is 0 Å². The Kier molecular flexibility index (Phi) is 5.15. The zero-order valence-electron chi connectivity index (χ0n) is 12.2. The van der Waals surface area contributed by atoms with Crippen molar-refractivity contribution in [2.24, 2.45) is 5.92 Å². The summed E-state index contributed by atoms with van der Waals surface area (Å²) in [5.74, 6) is 0.159. The third kappa shape index (κ3) is 3.02. The van der Waals surface area contributed by atoms with Gasteiger partial charge in [0.2, 0.25) is 0 Å². The molecule has 1 aromatic carbocycles. The number of rotatable bonds is 5. The Hall–Kier alpha value is -1.39. The van der Waals surface area contributed by atoms with Crippen LogP contribution in [0.4, 0.5) is 0 Å². The maximum Gasteiger partial charge on any atom is 0.328 e. The Morgan fingerprint density at radius 2 is 2.15 bits per heavy atom. The monoisotopic (exact) mass is 277 g/mol. The predicted molar refractivity (Wildman–Crippen MR) is 77.2 cm³/mol. The number of ether oxygens (including phenoxy) is 1. The van der Waals surface area contributed by atoms with Gasteiger partial charge in [0.15, 0.2) is 0 Å². The van der Waals surface area contributed by atoms with Crippen molar-refractivity contribution in [3.05, 3.63) is 35.9 Å². The van der Waals surface area contributed by atoms with Gasteiger partial charge in [0.05, 0.1) is 13.2 Å². The van der Waals surface area contributed by atoms with E-state index in [0.717, 1.165) is 18.5 Å². The Labute approximate surface area is 120 Å². The molecule has 0 amide bonds. The lowest BCUT2D eigenvalue weighted by Gasteiger charge is -2.32. The van der Waals surface area contributed by atoms with E-state index in [1.807, 2.05) is 37.3 Å². The fourth-order valence-corrected chi connectivity index (χ4v) is 2.96. The molecule has 0 radical (unpaired) electrons. The number of benzene rings is 1. The zero-order chi connectivity index (χ0) is 14.5. The second-order valence-electron chi connectivity index (χ2n) is 5.32. The van der Waals surface area contributed by atoms with Gasteiger partial charge in [-0.25, -0.2) is 4.79 Å². The standard InChI is InChI=1S/C16H23NO3/c1-3-20-16(19)15(13-7-5-4-6-8-13)17-10-9-12(2)14(17)11-18/h4-8,12,14-15,18H,3,9-11H2,1-2H3. The summed E-state index contributed by atoms with van der Waals surface area (Å²) in [6.07, 6.45) is 0.994. The zero-order valence-corrected chi connectivity index (χ0v) is 12.2. The third-order valence-electron chi connectivity index (χ3n) is 4.07. The lowest BCUT2D eigenvalue weighted by molar-refractivity contribution is -0.150. The van der Waals surface area contributed by atoms with Gasteiger partial charge in [-0.2, -0.15) is 0 Å². The van der Waals surface area contributed by atoms with Gasteiger partial charge in [-0.1, -0.05) is 37.3 Å².